The number of amides is 1. The number of rotatable bonds is 8. The summed E-state index contributed by atoms with van der Waals surface area (Å²) in [6.07, 6.45) is 1.85. The molecule has 30 heavy (non-hydrogen) atoms. The average Bonchev–Trinajstić information content (AvgIpc) is 2.83. The van der Waals surface area contributed by atoms with Crippen LogP contribution in [0.2, 0.25) is 0 Å². The van der Waals surface area contributed by atoms with Crippen LogP contribution in [-0.4, -0.2) is 46.7 Å². The molecular weight excluding hydrogens is 408 g/mol. The summed E-state index contributed by atoms with van der Waals surface area (Å²) in [5.74, 6) is -2.56. The van der Waals surface area contributed by atoms with E-state index < -0.39 is 36.5 Å². The van der Waals surface area contributed by atoms with E-state index in [1.165, 1.54) is 4.90 Å². The van der Waals surface area contributed by atoms with Crippen molar-refractivity contribution in [2.45, 2.75) is 37.8 Å². The van der Waals surface area contributed by atoms with Crippen molar-refractivity contribution in [3.05, 3.63) is 65.7 Å². The van der Waals surface area contributed by atoms with Crippen LogP contribution in [0.1, 0.15) is 24.0 Å². The molecular formula is C22H25ClN2O5. The highest BCUT2D eigenvalue weighted by molar-refractivity contribution is 6.02. The van der Waals surface area contributed by atoms with Gasteiger partial charge in [-0.1, -0.05) is 48.5 Å². The number of aryl methyl sites for hydroxylation is 2. The molecule has 1 amide bonds. The lowest BCUT2D eigenvalue weighted by Gasteiger charge is -2.26. The Bertz CT molecular complexity index is 890. The summed E-state index contributed by atoms with van der Waals surface area (Å²) in [7, 11) is 0. The van der Waals surface area contributed by atoms with Gasteiger partial charge in [-0.05, 0) is 42.9 Å². The number of anilines is 1. The Labute approximate surface area is 181 Å². The number of fused-ring (bicyclic) bond motifs is 1. The Morgan fingerprint density at radius 3 is 2.40 bits per heavy atom. The van der Waals surface area contributed by atoms with Gasteiger partial charge in [0, 0.05) is 5.69 Å². The maximum absolute atomic E-state index is 13.1. The van der Waals surface area contributed by atoms with E-state index in [-0.39, 0.29) is 12.4 Å². The summed E-state index contributed by atoms with van der Waals surface area (Å²) in [5, 5.41) is 21.9. The summed E-state index contributed by atoms with van der Waals surface area (Å²) in [6.45, 7) is -0.463. The Morgan fingerprint density at radius 1 is 1.07 bits per heavy atom. The van der Waals surface area contributed by atoms with E-state index in [9.17, 15) is 24.6 Å². The fourth-order valence-corrected chi connectivity index (χ4v) is 3.65. The quantitative estimate of drug-likeness (QED) is 0.591. The van der Waals surface area contributed by atoms with Gasteiger partial charge in [0.05, 0.1) is 6.04 Å². The highest BCUT2D eigenvalue weighted by Gasteiger charge is 2.34. The number of carbonyl (C=O) groups is 3. The van der Waals surface area contributed by atoms with E-state index in [0.717, 1.165) is 11.1 Å². The minimum absolute atomic E-state index is 0. The van der Waals surface area contributed by atoms with E-state index in [4.69, 9.17) is 0 Å². The first-order chi connectivity index (χ1) is 14.0. The number of carboxylic acid groups (broad SMARTS) is 2. The van der Waals surface area contributed by atoms with Crippen LogP contribution in [0.4, 0.5) is 5.69 Å². The number of hydrogen-bond donors (Lipinski definition) is 3. The Morgan fingerprint density at radius 2 is 1.73 bits per heavy atom. The molecule has 2 aromatic carbocycles. The number of para-hydroxylation sites is 1. The Balaban J connectivity index is 0.00000320. The van der Waals surface area contributed by atoms with Crippen LogP contribution in [0.25, 0.3) is 0 Å². The lowest BCUT2D eigenvalue weighted by atomic mass is 10.0. The standard InChI is InChI=1S/C22H24N2O5.ClH/c25-20(26)14-24-19-9-5-4-8-16(19)11-13-17(21(24)27)23-18(22(28)29)12-10-15-6-2-1-3-7-15;/h1-9,17-18,23H,10-14H2,(H,25,26)(H,28,29);1H/t17-,18-;/m0./s1. The molecule has 1 aliphatic heterocycles. The molecule has 8 heteroatoms. The molecule has 3 rings (SSSR count). The third kappa shape index (κ3) is 5.81. The second kappa shape index (κ2) is 10.8. The molecule has 0 radical (unpaired) electrons. The Hall–Kier alpha value is -2.90. The highest BCUT2D eigenvalue weighted by Crippen LogP contribution is 2.27. The summed E-state index contributed by atoms with van der Waals surface area (Å²) in [6, 6.07) is 15.1. The van der Waals surface area contributed by atoms with E-state index in [0.29, 0.717) is 31.4 Å². The minimum atomic E-state index is -1.12. The van der Waals surface area contributed by atoms with Crippen LogP contribution in [0.3, 0.4) is 0 Å². The summed E-state index contributed by atoms with van der Waals surface area (Å²) >= 11 is 0. The van der Waals surface area contributed by atoms with Crippen molar-refractivity contribution >= 4 is 35.9 Å². The van der Waals surface area contributed by atoms with E-state index in [1.807, 2.05) is 42.5 Å². The van der Waals surface area contributed by atoms with Gasteiger partial charge in [0.1, 0.15) is 12.6 Å². The van der Waals surface area contributed by atoms with Crippen LogP contribution in [0, 0.1) is 0 Å². The maximum atomic E-state index is 13.1. The van der Waals surface area contributed by atoms with E-state index in [2.05, 4.69) is 5.32 Å². The van der Waals surface area contributed by atoms with Gasteiger partial charge < -0.3 is 10.2 Å². The van der Waals surface area contributed by atoms with Gasteiger partial charge in [-0.2, -0.15) is 0 Å². The zero-order chi connectivity index (χ0) is 20.8. The van der Waals surface area contributed by atoms with Gasteiger partial charge in [0.2, 0.25) is 5.91 Å². The molecule has 0 bridgehead atoms. The molecule has 0 unspecified atom stereocenters. The average molecular weight is 433 g/mol. The maximum Gasteiger partial charge on any atom is 0.323 e. The topological polar surface area (TPSA) is 107 Å². The first-order valence-electron chi connectivity index (χ1n) is 9.59. The monoisotopic (exact) mass is 432 g/mol. The fourth-order valence-electron chi connectivity index (χ4n) is 3.65. The molecule has 2 aromatic rings. The Kier molecular flexibility index (Phi) is 8.38. The SMILES string of the molecule is Cl.O=C(O)CN1C(=O)[C@@H](N[C@@H](CCc2ccccc2)C(=O)O)CCc2ccccc21. The van der Waals surface area contributed by atoms with Gasteiger partial charge in [-0.25, -0.2) is 0 Å². The smallest absolute Gasteiger partial charge is 0.323 e. The molecule has 0 spiro atoms. The van der Waals surface area contributed by atoms with Gasteiger partial charge >= 0.3 is 11.9 Å². The molecule has 160 valence electrons. The van der Waals surface area contributed by atoms with Crippen molar-refractivity contribution in [1.82, 2.24) is 5.32 Å². The molecule has 0 aliphatic carbocycles. The molecule has 1 heterocycles. The van der Waals surface area contributed by atoms with Crippen molar-refractivity contribution in [2.24, 2.45) is 0 Å². The largest absolute Gasteiger partial charge is 0.480 e. The van der Waals surface area contributed by atoms with Crippen LogP contribution >= 0.6 is 12.4 Å². The third-order valence-corrected chi connectivity index (χ3v) is 5.11. The second-order valence-electron chi connectivity index (χ2n) is 7.12. The molecule has 7 nitrogen and oxygen atoms in total. The first kappa shape index (κ1) is 23.4. The fraction of sp³-hybridized carbons (Fsp3) is 0.318. The van der Waals surface area contributed by atoms with Crippen molar-refractivity contribution in [2.75, 3.05) is 11.4 Å². The van der Waals surface area contributed by atoms with E-state index in [1.54, 1.807) is 12.1 Å². The molecule has 0 aromatic heterocycles. The molecule has 0 saturated heterocycles. The third-order valence-electron chi connectivity index (χ3n) is 5.11. The normalized spacial score (nSPS) is 16.7. The van der Waals surface area contributed by atoms with E-state index >= 15 is 0 Å². The van der Waals surface area contributed by atoms with Crippen molar-refractivity contribution in [3.63, 3.8) is 0 Å². The predicted octanol–water partition coefficient (Wildman–Crippen LogP) is 2.52. The number of nitrogens with one attached hydrogen (secondary N) is 1. The first-order valence-corrected chi connectivity index (χ1v) is 9.59. The van der Waals surface area contributed by atoms with Gasteiger partial charge in [-0.15, -0.1) is 12.4 Å². The van der Waals surface area contributed by atoms with Crippen LogP contribution < -0.4 is 10.2 Å². The zero-order valence-electron chi connectivity index (χ0n) is 16.4. The number of halogens is 1. The number of nitrogens with zero attached hydrogens (tertiary/aromatic N) is 1. The van der Waals surface area contributed by atoms with Crippen LogP contribution in [0.15, 0.2) is 54.6 Å². The number of aliphatic carboxylic acids is 2. The molecule has 3 N–H and O–H groups in total. The number of hydrogen-bond acceptors (Lipinski definition) is 4. The van der Waals surface area contributed by atoms with Crippen molar-refractivity contribution in [3.8, 4) is 0 Å². The van der Waals surface area contributed by atoms with Gasteiger partial charge in [0.25, 0.3) is 0 Å². The lowest BCUT2D eigenvalue weighted by Crippen LogP contribution is -2.52. The molecule has 0 fully saturated rings. The second-order valence-corrected chi connectivity index (χ2v) is 7.12. The molecule has 0 saturated carbocycles. The summed E-state index contributed by atoms with van der Waals surface area (Å²) in [4.78, 5) is 37.4. The lowest BCUT2D eigenvalue weighted by molar-refractivity contribution is -0.140. The van der Waals surface area contributed by atoms with Crippen LogP contribution in [0.5, 0.6) is 0 Å². The summed E-state index contributed by atoms with van der Waals surface area (Å²) in [5.41, 5.74) is 2.47. The molecule has 2 atom stereocenters. The van der Waals surface area contributed by atoms with Crippen LogP contribution in [-0.2, 0) is 27.2 Å². The minimum Gasteiger partial charge on any atom is -0.480 e. The van der Waals surface area contributed by atoms with Crippen molar-refractivity contribution < 1.29 is 24.6 Å². The number of carboxylic acids is 2. The summed E-state index contributed by atoms with van der Waals surface area (Å²) < 4.78 is 0. The van der Waals surface area contributed by atoms with Gasteiger partial charge in [0.15, 0.2) is 0 Å². The number of benzene rings is 2. The zero-order valence-corrected chi connectivity index (χ0v) is 17.2. The van der Waals surface area contributed by atoms with Crippen molar-refractivity contribution in [1.29, 1.82) is 0 Å². The van der Waals surface area contributed by atoms with Gasteiger partial charge in [-0.3, -0.25) is 24.6 Å². The molecule has 1 aliphatic rings. The predicted molar refractivity (Wildman–Crippen MR) is 115 cm³/mol. The number of carbonyl (C=O) groups excluding carboxylic acids is 1. The highest BCUT2D eigenvalue weighted by atomic mass is 35.5.